The number of aliphatic imine (C=N–C) groups is 1. The highest BCUT2D eigenvalue weighted by molar-refractivity contribution is 5.79. The first-order chi connectivity index (χ1) is 15.8. The summed E-state index contributed by atoms with van der Waals surface area (Å²) in [4.78, 5) is 7.49. The minimum absolute atomic E-state index is 0.269. The molecule has 0 aliphatic carbocycles. The summed E-state index contributed by atoms with van der Waals surface area (Å²) in [7, 11) is 1.72. The summed E-state index contributed by atoms with van der Waals surface area (Å²) in [5.74, 6) is 2.44. The fraction of sp³-hybridized carbons (Fsp3) is 0.720. The Morgan fingerprint density at radius 3 is 2.78 bits per heavy atom. The van der Waals surface area contributed by atoms with E-state index in [0.29, 0.717) is 5.92 Å². The molecule has 0 aromatic heterocycles. The molecule has 1 aromatic rings. The fourth-order valence-electron chi connectivity index (χ4n) is 4.40. The Morgan fingerprint density at radius 2 is 2.03 bits per heavy atom. The van der Waals surface area contributed by atoms with E-state index < -0.39 is 0 Å². The molecule has 32 heavy (non-hydrogen) atoms. The van der Waals surface area contributed by atoms with Crippen LogP contribution >= 0.6 is 0 Å². The maximum absolute atomic E-state index is 5.89. The first kappa shape index (κ1) is 24.8. The van der Waals surface area contributed by atoms with Gasteiger partial charge in [0.15, 0.2) is 5.96 Å². The lowest BCUT2D eigenvalue weighted by atomic mass is 10.0. The van der Waals surface area contributed by atoms with E-state index in [4.69, 9.17) is 19.2 Å². The molecule has 1 unspecified atom stereocenters. The highest BCUT2D eigenvalue weighted by atomic mass is 16.5. The minimum atomic E-state index is 0.269. The summed E-state index contributed by atoms with van der Waals surface area (Å²) in [5.41, 5.74) is 1.27. The highest BCUT2D eigenvalue weighted by Gasteiger charge is 2.23. The highest BCUT2D eigenvalue weighted by Crippen LogP contribution is 2.27. The molecular weight excluding hydrogens is 404 g/mol. The Hall–Kier alpha value is -1.83. The SMILES string of the molecule is CCNC(=NCC(c1cccc(OC)c1)N1CCCC1)NCCCOCC1CCOCC1. The third-order valence-corrected chi connectivity index (χ3v) is 6.28. The van der Waals surface area contributed by atoms with Crippen LogP contribution < -0.4 is 15.4 Å². The zero-order valence-corrected chi connectivity index (χ0v) is 20.0. The molecule has 0 saturated carbocycles. The predicted octanol–water partition coefficient (Wildman–Crippen LogP) is 3.22. The van der Waals surface area contributed by atoms with Gasteiger partial charge in [0, 0.05) is 39.5 Å². The summed E-state index contributed by atoms with van der Waals surface area (Å²) < 4.78 is 16.8. The predicted molar refractivity (Wildman–Crippen MR) is 130 cm³/mol. The number of benzene rings is 1. The van der Waals surface area contributed by atoms with Gasteiger partial charge in [-0.3, -0.25) is 9.89 Å². The van der Waals surface area contributed by atoms with Crippen molar-refractivity contribution < 1.29 is 14.2 Å². The Balaban J connectivity index is 1.48. The van der Waals surface area contributed by atoms with Gasteiger partial charge in [-0.15, -0.1) is 0 Å². The zero-order chi connectivity index (χ0) is 22.4. The Morgan fingerprint density at radius 1 is 1.22 bits per heavy atom. The van der Waals surface area contributed by atoms with Gasteiger partial charge < -0.3 is 24.8 Å². The van der Waals surface area contributed by atoms with Crippen molar-refractivity contribution in [1.29, 1.82) is 0 Å². The van der Waals surface area contributed by atoms with E-state index in [9.17, 15) is 0 Å². The van der Waals surface area contributed by atoms with E-state index in [2.05, 4.69) is 40.7 Å². The lowest BCUT2D eigenvalue weighted by Crippen LogP contribution is -2.39. The first-order valence-electron chi connectivity index (χ1n) is 12.4. The van der Waals surface area contributed by atoms with Gasteiger partial charge in [0.05, 0.1) is 19.7 Å². The average molecular weight is 447 g/mol. The van der Waals surface area contributed by atoms with Gasteiger partial charge in [-0.1, -0.05) is 12.1 Å². The number of methoxy groups -OCH3 is 1. The zero-order valence-electron chi connectivity index (χ0n) is 20.0. The maximum Gasteiger partial charge on any atom is 0.191 e. The second kappa shape index (κ2) is 14.3. The molecule has 0 amide bonds. The number of hydrogen-bond donors (Lipinski definition) is 2. The molecule has 7 nitrogen and oxygen atoms in total. The number of nitrogens with zero attached hydrogens (tertiary/aromatic N) is 2. The summed E-state index contributed by atoms with van der Waals surface area (Å²) >= 11 is 0. The van der Waals surface area contributed by atoms with Crippen molar-refractivity contribution in [1.82, 2.24) is 15.5 Å². The number of guanidine groups is 1. The molecule has 0 spiro atoms. The Bertz CT molecular complexity index is 673. The minimum Gasteiger partial charge on any atom is -0.497 e. The number of rotatable bonds is 12. The van der Waals surface area contributed by atoms with Crippen LogP contribution in [0, 0.1) is 5.92 Å². The summed E-state index contributed by atoms with van der Waals surface area (Å²) in [6.07, 6.45) is 5.74. The lowest BCUT2D eigenvalue weighted by Gasteiger charge is -2.27. The second-order valence-electron chi connectivity index (χ2n) is 8.67. The summed E-state index contributed by atoms with van der Waals surface area (Å²) in [6.45, 7) is 10.2. The lowest BCUT2D eigenvalue weighted by molar-refractivity contribution is 0.0203. The van der Waals surface area contributed by atoms with E-state index in [1.165, 1.54) is 18.4 Å². The van der Waals surface area contributed by atoms with Crippen LogP contribution in [0.15, 0.2) is 29.3 Å². The van der Waals surface area contributed by atoms with E-state index in [-0.39, 0.29) is 6.04 Å². The summed E-state index contributed by atoms with van der Waals surface area (Å²) in [6, 6.07) is 8.69. The van der Waals surface area contributed by atoms with Crippen molar-refractivity contribution in [3.8, 4) is 5.75 Å². The maximum atomic E-state index is 5.89. The summed E-state index contributed by atoms with van der Waals surface area (Å²) in [5, 5.41) is 6.86. The molecule has 0 radical (unpaired) electrons. The molecule has 1 atom stereocenters. The molecule has 2 fully saturated rings. The van der Waals surface area contributed by atoms with Crippen LogP contribution in [0.5, 0.6) is 5.75 Å². The van der Waals surface area contributed by atoms with Crippen molar-refractivity contribution in [3.63, 3.8) is 0 Å². The Labute approximate surface area is 193 Å². The Kier molecular flexibility index (Phi) is 11.1. The molecule has 2 aliphatic rings. The van der Waals surface area contributed by atoms with E-state index >= 15 is 0 Å². The molecule has 3 rings (SSSR count). The van der Waals surface area contributed by atoms with Gasteiger partial charge in [0.25, 0.3) is 0 Å². The largest absolute Gasteiger partial charge is 0.497 e. The third kappa shape index (κ3) is 8.26. The van der Waals surface area contributed by atoms with Crippen LogP contribution in [0.3, 0.4) is 0 Å². The molecule has 7 heteroatoms. The average Bonchev–Trinajstić information content (AvgIpc) is 3.37. The van der Waals surface area contributed by atoms with E-state index in [0.717, 1.165) is 90.1 Å². The van der Waals surface area contributed by atoms with E-state index in [1.54, 1.807) is 7.11 Å². The number of likely N-dealkylation sites (tertiary alicyclic amines) is 1. The molecule has 2 heterocycles. The molecule has 1 aromatic carbocycles. The third-order valence-electron chi connectivity index (χ3n) is 6.28. The smallest absolute Gasteiger partial charge is 0.191 e. The number of hydrogen-bond acceptors (Lipinski definition) is 5. The second-order valence-corrected chi connectivity index (χ2v) is 8.67. The fourth-order valence-corrected chi connectivity index (χ4v) is 4.40. The van der Waals surface area contributed by atoms with Crippen LogP contribution in [0.1, 0.15) is 50.6 Å². The molecule has 180 valence electrons. The van der Waals surface area contributed by atoms with Gasteiger partial charge in [0.2, 0.25) is 0 Å². The van der Waals surface area contributed by atoms with Crippen molar-refractivity contribution in [3.05, 3.63) is 29.8 Å². The van der Waals surface area contributed by atoms with Crippen molar-refractivity contribution >= 4 is 5.96 Å². The van der Waals surface area contributed by atoms with Crippen molar-refractivity contribution in [2.45, 2.75) is 45.1 Å². The number of ether oxygens (including phenoxy) is 3. The van der Waals surface area contributed by atoms with Crippen LogP contribution in [0.4, 0.5) is 0 Å². The molecular formula is C25H42N4O3. The van der Waals surface area contributed by atoms with Crippen LogP contribution in [0.25, 0.3) is 0 Å². The number of nitrogens with one attached hydrogen (secondary N) is 2. The molecule has 2 aliphatic heterocycles. The van der Waals surface area contributed by atoms with E-state index in [1.807, 2.05) is 6.07 Å². The van der Waals surface area contributed by atoms with Gasteiger partial charge in [-0.2, -0.15) is 0 Å². The standard InChI is InChI=1S/C25H42N4O3/c1-3-26-25(27-12-7-15-32-20-21-10-16-31-17-11-21)28-19-24(29-13-4-5-14-29)22-8-6-9-23(18-22)30-2/h6,8-9,18,21,24H,3-5,7,10-17,19-20H2,1-2H3,(H2,26,27,28). The molecule has 0 bridgehead atoms. The normalized spacial score (nSPS) is 19.1. The first-order valence-corrected chi connectivity index (χ1v) is 12.4. The topological polar surface area (TPSA) is 67.4 Å². The molecule has 2 N–H and O–H groups in total. The van der Waals surface area contributed by atoms with Crippen LogP contribution in [-0.4, -0.2) is 77.1 Å². The van der Waals surface area contributed by atoms with Gasteiger partial charge in [-0.25, -0.2) is 0 Å². The van der Waals surface area contributed by atoms with Gasteiger partial charge >= 0.3 is 0 Å². The van der Waals surface area contributed by atoms with Gasteiger partial charge in [0.1, 0.15) is 5.75 Å². The molecule has 2 saturated heterocycles. The van der Waals surface area contributed by atoms with Crippen molar-refractivity contribution in [2.24, 2.45) is 10.9 Å². The van der Waals surface area contributed by atoms with Crippen LogP contribution in [0.2, 0.25) is 0 Å². The van der Waals surface area contributed by atoms with Gasteiger partial charge in [-0.05, 0) is 75.7 Å². The van der Waals surface area contributed by atoms with Crippen molar-refractivity contribution in [2.75, 3.05) is 66.3 Å². The monoisotopic (exact) mass is 446 g/mol. The quantitative estimate of drug-likeness (QED) is 0.292. The van der Waals surface area contributed by atoms with Crippen LogP contribution in [-0.2, 0) is 9.47 Å².